The van der Waals surface area contributed by atoms with Crippen molar-refractivity contribution >= 4 is 0 Å². The second-order valence-corrected chi connectivity index (χ2v) is 4.98. The van der Waals surface area contributed by atoms with Gasteiger partial charge in [-0.1, -0.05) is 51.5 Å². The van der Waals surface area contributed by atoms with E-state index in [-0.39, 0.29) is 6.04 Å². The van der Waals surface area contributed by atoms with E-state index in [9.17, 15) is 0 Å². The molecule has 18 heavy (non-hydrogen) atoms. The van der Waals surface area contributed by atoms with Gasteiger partial charge >= 0.3 is 0 Å². The number of pyridine rings is 1. The summed E-state index contributed by atoms with van der Waals surface area (Å²) in [7, 11) is 0. The average molecular weight is 249 g/mol. The normalized spacial score (nSPS) is 12.6. The first-order chi connectivity index (χ1) is 8.77. The summed E-state index contributed by atoms with van der Waals surface area (Å²) in [6, 6.07) is 6.30. The molecule has 1 aromatic heterocycles. The number of aryl methyl sites for hydroxylation is 1. The highest BCUT2D eigenvalue weighted by Gasteiger charge is 2.10. The molecule has 0 bridgehead atoms. The molecule has 0 radical (unpaired) electrons. The maximum atomic E-state index is 5.63. The van der Waals surface area contributed by atoms with E-state index in [0.717, 1.165) is 17.8 Å². The number of hydrazine groups is 1. The SMILES string of the molecule is CCCCCCCCC(NN)c1cccc(C)n1. The monoisotopic (exact) mass is 249 g/mol. The molecule has 1 heterocycles. The van der Waals surface area contributed by atoms with E-state index in [4.69, 9.17) is 5.84 Å². The van der Waals surface area contributed by atoms with Crippen LogP contribution >= 0.6 is 0 Å². The second-order valence-electron chi connectivity index (χ2n) is 4.98. The number of nitrogens with zero attached hydrogens (tertiary/aromatic N) is 1. The summed E-state index contributed by atoms with van der Waals surface area (Å²) >= 11 is 0. The number of nitrogens with two attached hydrogens (primary N) is 1. The molecule has 0 aromatic carbocycles. The van der Waals surface area contributed by atoms with E-state index in [2.05, 4.69) is 23.4 Å². The fourth-order valence-corrected chi connectivity index (χ4v) is 2.20. The molecule has 3 N–H and O–H groups in total. The number of rotatable bonds is 9. The van der Waals surface area contributed by atoms with E-state index in [1.807, 2.05) is 19.1 Å². The summed E-state index contributed by atoms with van der Waals surface area (Å²) in [6.45, 7) is 4.26. The minimum Gasteiger partial charge on any atom is -0.271 e. The highest BCUT2D eigenvalue weighted by atomic mass is 15.2. The van der Waals surface area contributed by atoms with Crippen LogP contribution in [-0.2, 0) is 0 Å². The molecule has 0 fully saturated rings. The van der Waals surface area contributed by atoms with Crippen molar-refractivity contribution in [3.05, 3.63) is 29.6 Å². The minimum atomic E-state index is 0.191. The third kappa shape index (κ3) is 5.61. The Labute approximate surface area is 111 Å². The van der Waals surface area contributed by atoms with Gasteiger partial charge < -0.3 is 0 Å². The van der Waals surface area contributed by atoms with Crippen LogP contribution in [0.3, 0.4) is 0 Å². The van der Waals surface area contributed by atoms with Crippen molar-refractivity contribution in [3.8, 4) is 0 Å². The molecule has 3 nitrogen and oxygen atoms in total. The van der Waals surface area contributed by atoms with Crippen LogP contribution in [0.1, 0.15) is 69.3 Å². The van der Waals surface area contributed by atoms with Crippen molar-refractivity contribution in [2.45, 2.75) is 64.8 Å². The smallest absolute Gasteiger partial charge is 0.0632 e. The first kappa shape index (κ1) is 15.1. The van der Waals surface area contributed by atoms with Crippen molar-refractivity contribution in [2.75, 3.05) is 0 Å². The van der Waals surface area contributed by atoms with Gasteiger partial charge in [-0.05, 0) is 25.5 Å². The maximum absolute atomic E-state index is 5.63. The van der Waals surface area contributed by atoms with Crippen LogP contribution in [0.4, 0.5) is 0 Å². The van der Waals surface area contributed by atoms with Crippen LogP contribution < -0.4 is 11.3 Å². The van der Waals surface area contributed by atoms with E-state index in [1.54, 1.807) is 0 Å². The summed E-state index contributed by atoms with van der Waals surface area (Å²) in [6.07, 6.45) is 8.95. The van der Waals surface area contributed by atoms with Crippen molar-refractivity contribution in [3.63, 3.8) is 0 Å². The predicted molar refractivity (Wildman–Crippen MR) is 77.0 cm³/mol. The molecule has 1 unspecified atom stereocenters. The van der Waals surface area contributed by atoms with Gasteiger partial charge in [-0.25, -0.2) is 0 Å². The topological polar surface area (TPSA) is 50.9 Å². The van der Waals surface area contributed by atoms with Gasteiger partial charge in [0.2, 0.25) is 0 Å². The van der Waals surface area contributed by atoms with E-state index in [1.165, 1.54) is 38.5 Å². The summed E-state index contributed by atoms with van der Waals surface area (Å²) in [5.74, 6) is 5.63. The van der Waals surface area contributed by atoms with Crippen LogP contribution in [0.5, 0.6) is 0 Å². The zero-order valence-electron chi connectivity index (χ0n) is 11.8. The highest BCUT2D eigenvalue weighted by molar-refractivity contribution is 5.13. The van der Waals surface area contributed by atoms with Crippen molar-refractivity contribution in [1.82, 2.24) is 10.4 Å². The van der Waals surface area contributed by atoms with Crippen LogP contribution in [0.2, 0.25) is 0 Å². The van der Waals surface area contributed by atoms with Gasteiger partial charge in [0.25, 0.3) is 0 Å². The Morgan fingerprint density at radius 3 is 2.56 bits per heavy atom. The van der Waals surface area contributed by atoms with Crippen molar-refractivity contribution in [2.24, 2.45) is 5.84 Å². The highest BCUT2D eigenvalue weighted by Crippen LogP contribution is 2.18. The van der Waals surface area contributed by atoms with Gasteiger partial charge in [0.1, 0.15) is 0 Å². The zero-order valence-corrected chi connectivity index (χ0v) is 11.8. The van der Waals surface area contributed by atoms with Crippen LogP contribution in [0, 0.1) is 6.92 Å². The van der Waals surface area contributed by atoms with Gasteiger partial charge in [0.15, 0.2) is 0 Å². The van der Waals surface area contributed by atoms with Crippen molar-refractivity contribution < 1.29 is 0 Å². The lowest BCUT2D eigenvalue weighted by molar-refractivity contribution is 0.468. The van der Waals surface area contributed by atoms with Crippen molar-refractivity contribution in [1.29, 1.82) is 0 Å². The van der Waals surface area contributed by atoms with Crippen LogP contribution in [0.15, 0.2) is 18.2 Å². The lowest BCUT2D eigenvalue weighted by Gasteiger charge is -2.15. The number of hydrogen-bond donors (Lipinski definition) is 2. The van der Waals surface area contributed by atoms with Gasteiger partial charge in [-0.2, -0.15) is 0 Å². The third-order valence-electron chi connectivity index (χ3n) is 3.31. The van der Waals surface area contributed by atoms with Crippen LogP contribution in [0.25, 0.3) is 0 Å². The lowest BCUT2D eigenvalue weighted by Crippen LogP contribution is -2.28. The van der Waals surface area contributed by atoms with E-state index in [0.29, 0.717) is 0 Å². The molecular weight excluding hydrogens is 222 g/mol. The Bertz CT molecular complexity index is 325. The molecule has 102 valence electrons. The Balaban J connectivity index is 2.29. The molecule has 1 aromatic rings. The molecule has 0 spiro atoms. The Morgan fingerprint density at radius 2 is 1.89 bits per heavy atom. The first-order valence-electron chi connectivity index (χ1n) is 7.17. The Kier molecular flexibility index (Phi) is 7.62. The first-order valence-corrected chi connectivity index (χ1v) is 7.17. The zero-order chi connectivity index (χ0) is 13.2. The average Bonchev–Trinajstić information content (AvgIpc) is 2.38. The Morgan fingerprint density at radius 1 is 1.17 bits per heavy atom. The molecule has 1 atom stereocenters. The lowest BCUT2D eigenvalue weighted by atomic mass is 10.0. The van der Waals surface area contributed by atoms with Gasteiger partial charge in [-0.3, -0.25) is 16.3 Å². The second kappa shape index (κ2) is 9.06. The number of aromatic nitrogens is 1. The number of nitrogens with one attached hydrogen (secondary N) is 1. The molecule has 0 aliphatic heterocycles. The maximum Gasteiger partial charge on any atom is 0.0632 e. The molecule has 1 rings (SSSR count). The molecule has 0 amide bonds. The fraction of sp³-hybridized carbons (Fsp3) is 0.667. The standard InChI is InChI=1S/C15H27N3/c1-3-4-5-6-7-8-11-15(18-16)14-12-9-10-13(2)17-14/h9-10,12,15,18H,3-8,11,16H2,1-2H3. The molecule has 0 saturated heterocycles. The summed E-state index contributed by atoms with van der Waals surface area (Å²) < 4.78 is 0. The van der Waals surface area contributed by atoms with Gasteiger partial charge in [0, 0.05) is 5.69 Å². The third-order valence-corrected chi connectivity index (χ3v) is 3.31. The minimum absolute atomic E-state index is 0.191. The predicted octanol–water partition coefficient (Wildman–Crippen LogP) is 3.65. The van der Waals surface area contributed by atoms with E-state index < -0.39 is 0 Å². The molecular formula is C15H27N3. The largest absolute Gasteiger partial charge is 0.271 e. The van der Waals surface area contributed by atoms with Gasteiger partial charge in [0.05, 0.1) is 11.7 Å². The molecule has 0 aliphatic carbocycles. The van der Waals surface area contributed by atoms with Crippen LogP contribution in [-0.4, -0.2) is 4.98 Å². The van der Waals surface area contributed by atoms with Gasteiger partial charge in [-0.15, -0.1) is 0 Å². The summed E-state index contributed by atoms with van der Waals surface area (Å²) in [5.41, 5.74) is 5.00. The molecule has 3 heteroatoms. The summed E-state index contributed by atoms with van der Waals surface area (Å²) in [4.78, 5) is 4.53. The molecule has 0 aliphatic rings. The van der Waals surface area contributed by atoms with E-state index >= 15 is 0 Å². The quantitative estimate of drug-likeness (QED) is 0.399. The fourth-order valence-electron chi connectivity index (χ4n) is 2.20. The summed E-state index contributed by atoms with van der Waals surface area (Å²) in [5, 5.41) is 0. The number of hydrogen-bond acceptors (Lipinski definition) is 3. The molecule has 0 saturated carbocycles. The Hall–Kier alpha value is -0.930. The number of unbranched alkanes of at least 4 members (excludes halogenated alkanes) is 5.